The van der Waals surface area contributed by atoms with Crippen molar-refractivity contribution in [1.29, 1.82) is 0 Å². The number of rotatable bonds is 4. The summed E-state index contributed by atoms with van der Waals surface area (Å²) in [5.41, 5.74) is 0.580. The summed E-state index contributed by atoms with van der Waals surface area (Å²) in [6.07, 6.45) is 3.71. The van der Waals surface area contributed by atoms with Gasteiger partial charge in [0.25, 0.3) is 0 Å². The quantitative estimate of drug-likeness (QED) is 0.901. The van der Waals surface area contributed by atoms with Gasteiger partial charge in [0.1, 0.15) is 0 Å². The molecule has 1 fully saturated rings. The summed E-state index contributed by atoms with van der Waals surface area (Å²) in [6, 6.07) is 5.48. The molecule has 0 radical (unpaired) electrons. The molecule has 1 aliphatic rings. The summed E-state index contributed by atoms with van der Waals surface area (Å²) in [4.78, 5) is 2.38. The Balaban J connectivity index is 2.12. The topological polar surface area (TPSA) is 23.5 Å². The van der Waals surface area contributed by atoms with Crippen molar-refractivity contribution >= 4 is 23.2 Å². The average Bonchev–Trinajstić information content (AvgIpc) is 2.43. The maximum Gasteiger partial charge on any atom is 0.0759 e. The van der Waals surface area contributed by atoms with Crippen molar-refractivity contribution in [3.05, 3.63) is 33.8 Å². The molecule has 1 unspecified atom stereocenters. The van der Waals surface area contributed by atoms with E-state index in [0.29, 0.717) is 16.5 Å². The minimum absolute atomic E-state index is 0.261. The first kappa shape index (κ1) is 16.1. The van der Waals surface area contributed by atoms with E-state index in [2.05, 4.69) is 18.7 Å². The lowest BCUT2D eigenvalue weighted by molar-refractivity contribution is -0.0186. The third-order valence-electron chi connectivity index (χ3n) is 4.45. The van der Waals surface area contributed by atoms with Gasteiger partial charge in [-0.05, 0) is 57.5 Å². The second-order valence-corrected chi connectivity index (χ2v) is 6.94. The van der Waals surface area contributed by atoms with Gasteiger partial charge >= 0.3 is 0 Å². The largest absolute Gasteiger partial charge is 0.391 e. The predicted octanol–water partition coefficient (Wildman–Crippen LogP) is 4.16. The van der Waals surface area contributed by atoms with Gasteiger partial charge in [0.05, 0.1) is 6.10 Å². The van der Waals surface area contributed by atoms with Crippen LogP contribution >= 0.6 is 23.2 Å². The van der Waals surface area contributed by atoms with Gasteiger partial charge in [0, 0.05) is 22.0 Å². The van der Waals surface area contributed by atoms with E-state index in [9.17, 15) is 5.11 Å². The molecular formula is C16H23Cl2NO. The third kappa shape index (κ3) is 3.48. The van der Waals surface area contributed by atoms with E-state index in [0.717, 1.165) is 18.7 Å². The molecule has 0 amide bonds. The van der Waals surface area contributed by atoms with Crippen LogP contribution in [-0.4, -0.2) is 34.7 Å². The molecule has 2 nitrogen and oxygen atoms in total. The Labute approximate surface area is 131 Å². The Morgan fingerprint density at radius 3 is 2.25 bits per heavy atom. The van der Waals surface area contributed by atoms with Crippen LogP contribution in [0.4, 0.5) is 0 Å². The number of aliphatic hydroxyl groups excluding tert-OH is 1. The smallest absolute Gasteiger partial charge is 0.0759 e. The van der Waals surface area contributed by atoms with E-state index in [1.54, 1.807) is 0 Å². The molecule has 1 aromatic rings. The highest BCUT2D eigenvalue weighted by atomic mass is 35.5. The molecule has 0 aliphatic carbocycles. The van der Waals surface area contributed by atoms with Gasteiger partial charge in [-0.3, -0.25) is 4.90 Å². The van der Waals surface area contributed by atoms with E-state index >= 15 is 0 Å². The van der Waals surface area contributed by atoms with E-state index < -0.39 is 6.10 Å². The van der Waals surface area contributed by atoms with E-state index in [1.807, 2.05) is 18.2 Å². The molecule has 0 spiro atoms. The molecule has 1 heterocycles. The highest BCUT2D eigenvalue weighted by Gasteiger charge is 2.35. The monoisotopic (exact) mass is 315 g/mol. The lowest BCUT2D eigenvalue weighted by Gasteiger charge is -2.44. The normalized spacial score (nSPS) is 19.1. The first-order chi connectivity index (χ1) is 9.43. The highest BCUT2D eigenvalue weighted by molar-refractivity contribution is 6.36. The van der Waals surface area contributed by atoms with Crippen LogP contribution in [0.3, 0.4) is 0 Å². The van der Waals surface area contributed by atoms with Gasteiger partial charge in [-0.25, -0.2) is 0 Å². The number of likely N-dealkylation sites (tertiary alicyclic amines) is 1. The molecule has 1 saturated heterocycles. The number of halogens is 2. The second kappa shape index (κ2) is 6.65. The fraction of sp³-hybridized carbons (Fsp3) is 0.625. The molecule has 1 aliphatic heterocycles. The maximum atomic E-state index is 10.7. The van der Waals surface area contributed by atoms with Crippen LogP contribution in [0, 0.1) is 0 Å². The van der Waals surface area contributed by atoms with Crippen LogP contribution in [0.15, 0.2) is 18.2 Å². The number of nitrogens with zero attached hydrogens (tertiary/aromatic N) is 1. The molecular weight excluding hydrogens is 293 g/mol. The zero-order valence-corrected chi connectivity index (χ0v) is 13.7. The molecule has 0 saturated carbocycles. The Morgan fingerprint density at radius 2 is 1.70 bits per heavy atom. The molecule has 1 atom stereocenters. The fourth-order valence-corrected chi connectivity index (χ4v) is 3.40. The number of aliphatic hydroxyl groups is 1. The predicted molar refractivity (Wildman–Crippen MR) is 85.7 cm³/mol. The minimum Gasteiger partial charge on any atom is -0.391 e. The van der Waals surface area contributed by atoms with Crippen LogP contribution < -0.4 is 0 Å². The SMILES string of the molecule is CC(C)(C(O)Cc1c(Cl)cccc1Cl)N1CCCCC1. The third-order valence-corrected chi connectivity index (χ3v) is 5.15. The van der Waals surface area contributed by atoms with Crippen molar-refractivity contribution in [3.63, 3.8) is 0 Å². The molecule has 2 rings (SSSR count). The number of hydrogen-bond donors (Lipinski definition) is 1. The Kier molecular flexibility index (Phi) is 5.36. The minimum atomic E-state index is -0.488. The van der Waals surface area contributed by atoms with Crippen molar-refractivity contribution in [1.82, 2.24) is 4.90 Å². The van der Waals surface area contributed by atoms with Gasteiger partial charge in [0.2, 0.25) is 0 Å². The molecule has 0 bridgehead atoms. The van der Waals surface area contributed by atoms with Crippen molar-refractivity contribution in [2.75, 3.05) is 13.1 Å². The molecule has 20 heavy (non-hydrogen) atoms. The molecule has 1 N–H and O–H groups in total. The summed E-state index contributed by atoms with van der Waals surface area (Å²) in [7, 11) is 0. The number of hydrogen-bond acceptors (Lipinski definition) is 2. The summed E-state index contributed by atoms with van der Waals surface area (Å²) in [5, 5.41) is 11.9. The molecule has 112 valence electrons. The average molecular weight is 316 g/mol. The Hall–Kier alpha value is -0.280. The molecule has 1 aromatic carbocycles. The zero-order valence-electron chi connectivity index (χ0n) is 12.2. The maximum absolute atomic E-state index is 10.7. The van der Waals surface area contributed by atoms with Crippen molar-refractivity contribution in [3.8, 4) is 0 Å². The van der Waals surface area contributed by atoms with Crippen molar-refractivity contribution in [2.24, 2.45) is 0 Å². The summed E-state index contributed by atoms with van der Waals surface area (Å²) in [6.45, 7) is 6.32. The van der Waals surface area contributed by atoms with Crippen LogP contribution in [-0.2, 0) is 6.42 Å². The lowest BCUT2D eigenvalue weighted by atomic mass is 9.88. The van der Waals surface area contributed by atoms with Gasteiger partial charge in [-0.15, -0.1) is 0 Å². The van der Waals surface area contributed by atoms with Crippen LogP contribution in [0.1, 0.15) is 38.7 Å². The summed E-state index contributed by atoms with van der Waals surface area (Å²) < 4.78 is 0. The van der Waals surface area contributed by atoms with E-state index in [4.69, 9.17) is 23.2 Å². The van der Waals surface area contributed by atoms with Gasteiger partial charge in [0.15, 0.2) is 0 Å². The first-order valence-corrected chi connectivity index (χ1v) is 8.04. The molecule has 0 aromatic heterocycles. The van der Waals surface area contributed by atoms with E-state index in [1.165, 1.54) is 19.3 Å². The summed E-state index contributed by atoms with van der Waals surface area (Å²) in [5.74, 6) is 0. The number of benzene rings is 1. The van der Waals surface area contributed by atoms with E-state index in [-0.39, 0.29) is 5.54 Å². The lowest BCUT2D eigenvalue weighted by Crippen LogP contribution is -2.54. The van der Waals surface area contributed by atoms with Crippen LogP contribution in [0.5, 0.6) is 0 Å². The van der Waals surface area contributed by atoms with Gasteiger partial charge in [-0.2, -0.15) is 0 Å². The molecule has 4 heteroatoms. The van der Waals surface area contributed by atoms with Crippen molar-refractivity contribution in [2.45, 2.75) is 51.2 Å². The van der Waals surface area contributed by atoms with Gasteiger partial charge in [-0.1, -0.05) is 35.7 Å². The fourth-order valence-electron chi connectivity index (χ4n) is 2.85. The Morgan fingerprint density at radius 1 is 1.15 bits per heavy atom. The van der Waals surface area contributed by atoms with Crippen LogP contribution in [0.25, 0.3) is 0 Å². The van der Waals surface area contributed by atoms with Crippen LogP contribution in [0.2, 0.25) is 10.0 Å². The van der Waals surface area contributed by atoms with Crippen molar-refractivity contribution < 1.29 is 5.11 Å². The second-order valence-electron chi connectivity index (χ2n) is 6.12. The Bertz CT molecular complexity index is 436. The zero-order chi connectivity index (χ0) is 14.8. The standard InChI is InChI=1S/C16H23Cl2NO/c1-16(2,19-9-4-3-5-10-19)15(20)11-12-13(17)7-6-8-14(12)18/h6-8,15,20H,3-5,9-11H2,1-2H3. The summed E-state index contributed by atoms with van der Waals surface area (Å²) >= 11 is 12.4. The number of piperidine rings is 1. The van der Waals surface area contributed by atoms with Gasteiger partial charge < -0.3 is 5.11 Å². The first-order valence-electron chi connectivity index (χ1n) is 7.29. The highest BCUT2D eigenvalue weighted by Crippen LogP contribution is 2.30.